The number of carbonyl (C=O) groups excluding carboxylic acids is 1. The highest BCUT2D eigenvalue weighted by Gasteiger charge is 2.29. The predicted molar refractivity (Wildman–Crippen MR) is 64.6 cm³/mol. The Morgan fingerprint density at radius 1 is 1.37 bits per heavy atom. The summed E-state index contributed by atoms with van der Waals surface area (Å²) in [7, 11) is 0. The van der Waals surface area contributed by atoms with E-state index >= 15 is 0 Å². The van der Waals surface area contributed by atoms with Gasteiger partial charge in [0.2, 0.25) is 5.91 Å². The van der Waals surface area contributed by atoms with E-state index in [1.54, 1.807) is 0 Å². The topological polar surface area (TPSA) is 41.1 Å². The van der Waals surface area contributed by atoms with Crippen LogP contribution in [-0.2, 0) is 11.2 Å². The molecule has 0 spiro atoms. The van der Waals surface area contributed by atoms with Gasteiger partial charge >= 0.3 is 6.18 Å². The molecule has 1 amide bonds. The molecule has 0 radical (unpaired) electrons. The number of fused-ring (bicyclic) bond motifs is 1. The first kappa shape index (κ1) is 13.9. The van der Waals surface area contributed by atoms with Crippen LogP contribution in [-0.4, -0.2) is 25.2 Å². The number of nitrogens with one attached hydrogen (secondary N) is 2. The van der Waals surface area contributed by atoms with Crippen molar-refractivity contribution in [1.82, 2.24) is 10.6 Å². The fourth-order valence-electron chi connectivity index (χ4n) is 2.17. The van der Waals surface area contributed by atoms with Crippen LogP contribution in [0.3, 0.4) is 0 Å². The molecule has 1 heterocycles. The van der Waals surface area contributed by atoms with E-state index in [1.165, 1.54) is 0 Å². The molecule has 1 aliphatic rings. The molecule has 1 unspecified atom stereocenters. The van der Waals surface area contributed by atoms with Crippen LogP contribution in [0.4, 0.5) is 13.2 Å². The van der Waals surface area contributed by atoms with Crippen molar-refractivity contribution >= 4 is 5.91 Å². The molecule has 0 fully saturated rings. The number of carbonyl (C=O) groups is 1. The van der Waals surface area contributed by atoms with Gasteiger partial charge in [-0.15, -0.1) is 0 Å². The average Bonchev–Trinajstić information content (AvgIpc) is 2.36. The monoisotopic (exact) mass is 272 g/mol. The first-order valence-corrected chi connectivity index (χ1v) is 6.13. The third-order valence-corrected chi connectivity index (χ3v) is 3.08. The van der Waals surface area contributed by atoms with Crippen LogP contribution >= 0.6 is 0 Å². The van der Waals surface area contributed by atoms with Crippen LogP contribution in [0, 0.1) is 0 Å². The van der Waals surface area contributed by atoms with Gasteiger partial charge in [-0.3, -0.25) is 4.79 Å². The number of hydrogen-bond acceptors (Lipinski definition) is 2. The standard InChI is InChI=1S/C13H15F3N2O/c14-13(15,16)6-8-18-12(19)11-10-4-2-1-3-9(10)5-7-17-11/h1-4,11,17H,5-8H2,(H,18,19). The summed E-state index contributed by atoms with van der Waals surface area (Å²) in [6.45, 7) is 0.261. The first-order chi connectivity index (χ1) is 8.97. The number of benzene rings is 1. The number of alkyl halides is 3. The molecule has 0 saturated heterocycles. The van der Waals surface area contributed by atoms with Crippen LogP contribution in [0.1, 0.15) is 23.6 Å². The Labute approximate surface area is 109 Å². The van der Waals surface area contributed by atoms with Crippen molar-refractivity contribution in [2.45, 2.75) is 25.1 Å². The third kappa shape index (κ3) is 3.70. The lowest BCUT2D eigenvalue weighted by molar-refractivity contribution is -0.136. The maximum Gasteiger partial charge on any atom is 0.390 e. The highest BCUT2D eigenvalue weighted by atomic mass is 19.4. The average molecular weight is 272 g/mol. The minimum atomic E-state index is -4.24. The molecule has 0 bridgehead atoms. The van der Waals surface area contributed by atoms with E-state index in [9.17, 15) is 18.0 Å². The van der Waals surface area contributed by atoms with Gasteiger partial charge in [-0.2, -0.15) is 13.2 Å². The van der Waals surface area contributed by atoms with E-state index in [2.05, 4.69) is 10.6 Å². The molecule has 0 aliphatic carbocycles. The second-order valence-electron chi connectivity index (χ2n) is 4.49. The molecular weight excluding hydrogens is 257 g/mol. The van der Waals surface area contributed by atoms with Gasteiger partial charge in [0, 0.05) is 13.1 Å². The molecule has 2 N–H and O–H groups in total. The van der Waals surface area contributed by atoms with Crippen LogP contribution in [0.5, 0.6) is 0 Å². The summed E-state index contributed by atoms with van der Waals surface area (Å²) in [6.07, 6.45) is -4.43. The van der Waals surface area contributed by atoms with Crippen molar-refractivity contribution in [3.05, 3.63) is 35.4 Å². The van der Waals surface area contributed by atoms with Gasteiger partial charge in [-0.05, 0) is 17.5 Å². The second-order valence-corrected chi connectivity index (χ2v) is 4.49. The number of halogens is 3. The molecule has 19 heavy (non-hydrogen) atoms. The largest absolute Gasteiger partial charge is 0.390 e. The number of hydrogen-bond donors (Lipinski definition) is 2. The molecule has 2 rings (SSSR count). The highest BCUT2D eigenvalue weighted by molar-refractivity contribution is 5.83. The normalized spacial score (nSPS) is 18.8. The Bertz CT molecular complexity index is 459. The fraction of sp³-hybridized carbons (Fsp3) is 0.462. The molecule has 1 aromatic carbocycles. The summed E-state index contributed by atoms with van der Waals surface area (Å²) >= 11 is 0. The maximum atomic E-state index is 12.0. The molecule has 0 saturated carbocycles. The van der Waals surface area contributed by atoms with Crippen LogP contribution in [0.25, 0.3) is 0 Å². The molecule has 3 nitrogen and oxygen atoms in total. The van der Waals surface area contributed by atoms with Crippen molar-refractivity contribution in [2.24, 2.45) is 0 Å². The SMILES string of the molecule is O=C(NCCC(F)(F)F)C1NCCc2ccccc21. The zero-order valence-corrected chi connectivity index (χ0v) is 10.3. The van der Waals surface area contributed by atoms with Gasteiger partial charge in [0.15, 0.2) is 0 Å². The Morgan fingerprint density at radius 3 is 2.84 bits per heavy atom. The number of rotatable bonds is 3. The molecule has 104 valence electrons. The molecule has 6 heteroatoms. The van der Waals surface area contributed by atoms with E-state index in [1.807, 2.05) is 24.3 Å². The van der Waals surface area contributed by atoms with Gasteiger partial charge in [-0.25, -0.2) is 0 Å². The quantitative estimate of drug-likeness (QED) is 0.883. The highest BCUT2D eigenvalue weighted by Crippen LogP contribution is 2.23. The lowest BCUT2D eigenvalue weighted by Crippen LogP contribution is -2.42. The Morgan fingerprint density at radius 2 is 2.11 bits per heavy atom. The van der Waals surface area contributed by atoms with E-state index in [0.717, 1.165) is 17.5 Å². The third-order valence-electron chi connectivity index (χ3n) is 3.08. The molecule has 1 atom stereocenters. The molecule has 0 aromatic heterocycles. The van der Waals surface area contributed by atoms with Gasteiger partial charge in [0.05, 0.1) is 6.42 Å². The molecular formula is C13H15F3N2O. The Hall–Kier alpha value is -1.56. The van der Waals surface area contributed by atoms with Gasteiger partial charge in [0.25, 0.3) is 0 Å². The predicted octanol–water partition coefficient (Wildman–Crippen LogP) is 1.94. The molecule has 1 aromatic rings. The molecule has 1 aliphatic heterocycles. The minimum absolute atomic E-state index is 0.386. The van der Waals surface area contributed by atoms with Crippen LogP contribution < -0.4 is 10.6 Å². The fourth-order valence-corrected chi connectivity index (χ4v) is 2.17. The van der Waals surface area contributed by atoms with E-state index in [4.69, 9.17) is 0 Å². The van der Waals surface area contributed by atoms with Crippen molar-refractivity contribution in [1.29, 1.82) is 0 Å². The van der Waals surface area contributed by atoms with Crippen LogP contribution in [0.2, 0.25) is 0 Å². The smallest absolute Gasteiger partial charge is 0.354 e. The van der Waals surface area contributed by atoms with Crippen LogP contribution in [0.15, 0.2) is 24.3 Å². The number of amides is 1. The maximum absolute atomic E-state index is 12.0. The second kappa shape index (κ2) is 5.61. The lowest BCUT2D eigenvalue weighted by atomic mass is 9.94. The van der Waals surface area contributed by atoms with Gasteiger partial charge in [0.1, 0.15) is 6.04 Å². The lowest BCUT2D eigenvalue weighted by Gasteiger charge is -2.26. The van der Waals surface area contributed by atoms with Gasteiger partial charge in [-0.1, -0.05) is 24.3 Å². The summed E-state index contributed by atoms with van der Waals surface area (Å²) in [5.74, 6) is -0.406. The van der Waals surface area contributed by atoms with Crippen molar-refractivity contribution in [3.63, 3.8) is 0 Å². The van der Waals surface area contributed by atoms with E-state index < -0.39 is 24.5 Å². The zero-order chi connectivity index (χ0) is 13.9. The Balaban J connectivity index is 1.97. The summed E-state index contributed by atoms with van der Waals surface area (Å²) in [6, 6.07) is 6.92. The Kier molecular flexibility index (Phi) is 4.09. The zero-order valence-electron chi connectivity index (χ0n) is 10.3. The minimum Gasteiger partial charge on any atom is -0.354 e. The summed E-state index contributed by atoms with van der Waals surface area (Å²) in [5, 5.41) is 5.36. The summed E-state index contributed by atoms with van der Waals surface area (Å²) in [5.41, 5.74) is 1.91. The van der Waals surface area contributed by atoms with Crippen molar-refractivity contribution in [2.75, 3.05) is 13.1 Å². The van der Waals surface area contributed by atoms with Crippen molar-refractivity contribution < 1.29 is 18.0 Å². The van der Waals surface area contributed by atoms with Crippen molar-refractivity contribution in [3.8, 4) is 0 Å². The van der Waals surface area contributed by atoms with E-state index in [-0.39, 0.29) is 6.54 Å². The van der Waals surface area contributed by atoms with Gasteiger partial charge < -0.3 is 10.6 Å². The summed E-state index contributed by atoms with van der Waals surface area (Å²) < 4.78 is 36.1. The van der Waals surface area contributed by atoms with E-state index in [0.29, 0.717) is 6.54 Å². The first-order valence-electron chi connectivity index (χ1n) is 6.13. The summed E-state index contributed by atoms with van der Waals surface area (Å²) in [4.78, 5) is 11.9.